The molecule has 0 aromatic carbocycles. The van der Waals surface area contributed by atoms with E-state index < -0.39 is 0 Å². The Balaban J connectivity index is 1.95. The SMILES string of the molecule is CCN(CCNCCO)C1CC1. The van der Waals surface area contributed by atoms with Gasteiger partial charge in [0.05, 0.1) is 6.61 Å². The molecule has 0 aliphatic heterocycles. The van der Waals surface area contributed by atoms with Crippen LogP contribution in [0.15, 0.2) is 0 Å². The minimum absolute atomic E-state index is 0.246. The third-order valence-corrected chi connectivity index (χ3v) is 2.33. The highest BCUT2D eigenvalue weighted by Crippen LogP contribution is 2.25. The molecule has 3 nitrogen and oxygen atoms in total. The monoisotopic (exact) mass is 172 g/mol. The Morgan fingerprint density at radius 3 is 2.67 bits per heavy atom. The Hall–Kier alpha value is -0.120. The van der Waals surface area contributed by atoms with Crippen molar-refractivity contribution in [1.82, 2.24) is 10.2 Å². The number of aliphatic hydroxyl groups excluding tert-OH is 1. The van der Waals surface area contributed by atoms with Gasteiger partial charge in [0.25, 0.3) is 0 Å². The minimum atomic E-state index is 0.246. The third-order valence-electron chi connectivity index (χ3n) is 2.33. The molecule has 1 rings (SSSR count). The molecule has 0 aromatic heterocycles. The Bertz CT molecular complexity index is 115. The fourth-order valence-electron chi connectivity index (χ4n) is 1.47. The second kappa shape index (κ2) is 5.51. The van der Waals surface area contributed by atoms with Crippen molar-refractivity contribution >= 4 is 0 Å². The first-order chi connectivity index (χ1) is 5.88. The van der Waals surface area contributed by atoms with E-state index in [1.807, 2.05) is 0 Å². The number of nitrogens with zero attached hydrogens (tertiary/aromatic N) is 1. The van der Waals surface area contributed by atoms with Crippen LogP contribution in [0.4, 0.5) is 0 Å². The van der Waals surface area contributed by atoms with Gasteiger partial charge in [-0.05, 0) is 19.4 Å². The maximum absolute atomic E-state index is 8.53. The Morgan fingerprint density at radius 2 is 2.17 bits per heavy atom. The van der Waals surface area contributed by atoms with E-state index in [2.05, 4.69) is 17.1 Å². The summed E-state index contributed by atoms with van der Waals surface area (Å²) in [5, 5.41) is 11.7. The molecular formula is C9H20N2O. The number of nitrogens with one attached hydrogen (secondary N) is 1. The molecule has 1 aliphatic rings. The van der Waals surface area contributed by atoms with Crippen molar-refractivity contribution in [2.45, 2.75) is 25.8 Å². The van der Waals surface area contributed by atoms with E-state index in [9.17, 15) is 0 Å². The van der Waals surface area contributed by atoms with Crippen molar-refractivity contribution in [3.63, 3.8) is 0 Å². The smallest absolute Gasteiger partial charge is 0.0555 e. The molecule has 0 heterocycles. The Morgan fingerprint density at radius 1 is 1.42 bits per heavy atom. The van der Waals surface area contributed by atoms with Gasteiger partial charge >= 0.3 is 0 Å². The van der Waals surface area contributed by atoms with Crippen molar-refractivity contribution in [2.75, 3.05) is 32.8 Å². The lowest BCUT2D eigenvalue weighted by molar-refractivity contribution is 0.262. The van der Waals surface area contributed by atoms with Crippen LogP contribution < -0.4 is 5.32 Å². The van der Waals surface area contributed by atoms with E-state index in [0.29, 0.717) is 0 Å². The lowest BCUT2D eigenvalue weighted by Crippen LogP contribution is -2.34. The molecule has 3 heteroatoms. The predicted octanol–water partition coefficient (Wildman–Crippen LogP) is 0.0526. The van der Waals surface area contributed by atoms with E-state index in [1.54, 1.807) is 0 Å². The van der Waals surface area contributed by atoms with Gasteiger partial charge in [-0.25, -0.2) is 0 Å². The third kappa shape index (κ3) is 3.52. The van der Waals surface area contributed by atoms with Gasteiger partial charge < -0.3 is 10.4 Å². The van der Waals surface area contributed by atoms with Gasteiger partial charge in [-0.3, -0.25) is 4.90 Å². The normalized spacial score (nSPS) is 17.2. The average molecular weight is 172 g/mol. The molecule has 1 aliphatic carbocycles. The fraction of sp³-hybridized carbons (Fsp3) is 1.00. The molecule has 1 fully saturated rings. The van der Waals surface area contributed by atoms with E-state index in [-0.39, 0.29) is 6.61 Å². The number of likely N-dealkylation sites (N-methyl/N-ethyl adjacent to an activating group) is 1. The maximum atomic E-state index is 8.53. The van der Waals surface area contributed by atoms with Gasteiger partial charge in [0.15, 0.2) is 0 Å². The molecule has 0 aromatic rings. The second-order valence-corrected chi connectivity index (χ2v) is 3.33. The van der Waals surface area contributed by atoms with Crippen LogP contribution in [-0.4, -0.2) is 48.8 Å². The molecule has 0 unspecified atom stereocenters. The van der Waals surface area contributed by atoms with Crippen molar-refractivity contribution in [1.29, 1.82) is 0 Å². The highest BCUT2D eigenvalue weighted by atomic mass is 16.3. The first-order valence-corrected chi connectivity index (χ1v) is 4.94. The number of rotatable bonds is 7. The van der Waals surface area contributed by atoms with Crippen LogP contribution in [0.1, 0.15) is 19.8 Å². The van der Waals surface area contributed by atoms with E-state index in [1.165, 1.54) is 12.8 Å². The molecule has 0 atom stereocenters. The van der Waals surface area contributed by atoms with Crippen LogP contribution in [-0.2, 0) is 0 Å². The average Bonchev–Trinajstić information content (AvgIpc) is 2.88. The topological polar surface area (TPSA) is 35.5 Å². The van der Waals surface area contributed by atoms with Crippen LogP contribution in [0.3, 0.4) is 0 Å². The van der Waals surface area contributed by atoms with Gasteiger partial charge in [-0.15, -0.1) is 0 Å². The predicted molar refractivity (Wildman–Crippen MR) is 50.2 cm³/mol. The summed E-state index contributed by atoms with van der Waals surface area (Å²) in [5.74, 6) is 0. The fourth-order valence-corrected chi connectivity index (χ4v) is 1.47. The van der Waals surface area contributed by atoms with Gasteiger partial charge in [0.2, 0.25) is 0 Å². The molecule has 0 bridgehead atoms. The summed E-state index contributed by atoms with van der Waals surface area (Å²) in [6.45, 7) is 6.47. The summed E-state index contributed by atoms with van der Waals surface area (Å²) >= 11 is 0. The van der Waals surface area contributed by atoms with Crippen molar-refractivity contribution < 1.29 is 5.11 Å². The Kier molecular flexibility index (Phi) is 4.58. The number of hydrogen-bond acceptors (Lipinski definition) is 3. The first-order valence-electron chi connectivity index (χ1n) is 4.94. The molecule has 0 saturated heterocycles. The van der Waals surface area contributed by atoms with E-state index in [0.717, 1.165) is 32.2 Å². The van der Waals surface area contributed by atoms with E-state index in [4.69, 9.17) is 5.11 Å². The van der Waals surface area contributed by atoms with Gasteiger partial charge in [0.1, 0.15) is 0 Å². The summed E-state index contributed by atoms with van der Waals surface area (Å²) in [7, 11) is 0. The highest BCUT2D eigenvalue weighted by Gasteiger charge is 2.26. The zero-order chi connectivity index (χ0) is 8.81. The minimum Gasteiger partial charge on any atom is -0.395 e. The molecule has 0 spiro atoms. The molecule has 12 heavy (non-hydrogen) atoms. The summed E-state index contributed by atoms with van der Waals surface area (Å²) in [5.41, 5.74) is 0. The number of aliphatic hydroxyl groups is 1. The summed E-state index contributed by atoms with van der Waals surface area (Å²) in [6.07, 6.45) is 2.77. The molecular weight excluding hydrogens is 152 g/mol. The van der Waals surface area contributed by atoms with Crippen molar-refractivity contribution in [3.05, 3.63) is 0 Å². The zero-order valence-corrected chi connectivity index (χ0v) is 7.92. The van der Waals surface area contributed by atoms with Crippen molar-refractivity contribution in [3.8, 4) is 0 Å². The van der Waals surface area contributed by atoms with Crippen LogP contribution in [0.2, 0.25) is 0 Å². The summed E-state index contributed by atoms with van der Waals surface area (Å²) < 4.78 is 0. The van der Waals surface area contributed by atoms with Crippen LogP contribution in [0.25, 0.3) is 0 Å². The van der Waals surface area contributed by atoms with Crippen molar-refractivity contribution in [2.24, 2.45) is 0 Å². The summed E-state index contributed by atoms with van der Waals surface area (Å²) in [6, 6.07) is 0.867. The Labute approximate surface area is 74.8 Å². The van der Waals surface area contributed by atoms with Gasteiger partial charge in [-0.2, -0.15) is 0 Å². The molecule has 72 valence electrons. The standard InChI is InChI=1S/C9H20N2O/c1-2-11(9-3-4-9)7-5-10-6-8-12/h9-10,12H,2-8H2,1H3. The maximum Gasteiger partial charge on any atom is 0.0555 e. The van der Waals surface area contributed by atoms with Gasteiger partial charge in [0, 0.05) is 25.7 Å². The zero-order valence-electron chi connectivity index (χ0n) is 7.92. The lowest BCUT2D eigenvalue weighted by Gasteiger charge is -2.19. The number of hydrogen-bond donors (Lipinski definition) is 2. The van der Waals surface area contributed by atoms with Gasteiger partial charge in [-0.1, -0.05) is 6.92 Å². The summed E-state index contributed by atoms with van der Waals surface area (Å²) in [4.78, 5) is 2.50. The van der Waals surface area contributed by atoms with Crippen LogP contribution >= 0.6 is 0 Å². The molecule has 1 saturated carbocycles. The van der Waals surface area contributed by atoms with Crippen LogP contribution in [0, 0.1) is 0 Å². The quantitative estimate of drug-likeness (QED) is 0.533. The first kappa shape index (κ1) is 9.96. The second-order valence-electron chi connectivity index (χ2n) is 3.33. The highest BCUT2D eigenvalue weighted by molar-refractivity contribution is 4.83. The molecule has 2 N–H and O–H groups in total. The molecule has 0 amide bonds. The lowest BCUT2D eigenvalue weighted by atomic mass is 10.4. The van der Waals surface area contributed by atoms with E-state index >= 15 is 0 Å². The molecule has 0 radical (unpaired) electrons. The van der Waals surface area contributed by atoms with Crippen LogP contribution in [0.5, 0.6) is 0 Å². The largest absolute Gasteiger partial charge is 0.395 e.